The van der Waals surface area contributed by atoms with Crippen molar-refractivity contribution in [2.45, 2.75) is 26.2 Å². The molecule has 0 atom stereocenters. The van der Waals surface area contributed by atoms with Crippen molar-refractivity contribution < 1.29 is 9.47 Å². The van der Waals surface area contributed by atoms with E-state index in [1.807, 2.05) is 12.1 Å². The lowest BCUT2D eigenvalue weighted by Crippen LogP contribution is -2.14. The molecule has 0 aliphatic heterocycles. The zero-order valence-electron chi connectivity index (χ0n) is 11.4. The number of benzene rings is 1. The van der Waals surface area contributed by atoms with E-state index in [4.69, 9.17) is 9.47 Å². The SMILES string of the molecule is CCNCCCCc1c(Br)cc(OC)cc1OC. The smallest absolute Gasteiger partial charge is 0.126 e. The van der Waals surface area contributed by atoms with Crippen LogP contribution in [0.5, 0.6) is 11.5 Å². The molecule has 0 heterocycles. The first kappa shape index (κ1) is 15.3. The molecule has 0 bridgehead atoms. The van der Waals surface area contributed by atoms with Gasteiger partial charge in [-0.3, -0.25) is 0 Å². The predicted octanol–water partition coefficient (Wildman–Crippen LogP) is 3.40. The fourth-order valence-corrected chi connectivity index (χ4v) is 2.48. The molecule has 102 valence electrons. The average molecular weight is 316 g/mol. The summed E-state index contributed by atoms with van der Waals surface area (Å²) in [4.78, 5) is 0. The highest BCUT2D eigenvalue weighted by Crippen LogP contribution is 2.33. The Labute approximate surface area is 118 Å². The molecular formula is C14H22BrNO2. The zero-order chi connectivity index (χ0) is 13.4. The summed E-state index contributed by atoms with van der Waals surface area (Å²) in [7, 11) is 3.36. The van der Waals surface area contributed by atoms with Gasteiger partial charge in [0.25, 0.3) is 0 Å². The van der Waals surface area contributed by atoms with Gasteiger partial charge in [0.1, 0.15) is 11.5 Å². The van der Waals surface area contributed by atoms with Crippen LogP contribution in [0.15, 0.2) is 16.6 Å². The lowest BCUT2D eigenvalue weighted by atomic mass is 10.1. The molecule has 0 radical (unpaired) electrons. The van der Waals surface area contributed by atoms with Crippen molar-refractivity contribution in [1.82, 2.24) is 5.32 Å². The minimum absolute atomic E-state index is 0.815. The Balaban J connectivity index is 2.63. The van der Waals surface area contributed by atoms with Gasteiger partial charge in [0.15, 0.2) is 0 Å². The number of unbranched alkanes of at least 4 members (excludes halogenated alkanes) is 1. The normalized spacial score (nSPS) is 10.4. The number of hydrogen-bond donors (Lipinski definition) is 1. The molecule has 0 fully saturated rings. The van der Waals surface area contributed by atoms with Crippen LogP contribution in [0, 0.1) is 0 Å². The highest BCUT2D eigenvalue weighted by Gasteiger charge is 2.10. The Hall–Kier alpha value is -0.740. The number of ether oxygens (including phenoxy) is 2. The van der Waals surface area contributed by atoms with Crippen LogP contribution < -0.4 is 14.8 Å². The van der Waals surface area contributed by atoms with E-state index in [-0.39, 0.29) is 0 Å². The van der Waals surface area contributed by atoms with Crippen molar-refractivity contribution in [3.63, 3.8) is 0 Å². The molecule has 1 aromatic rings. The van der Waals surface area contributed by atoms with Crippen molar-refractivity contribution in [3.05, 3.63) is 22.2 Å². The lowest BCUT2D eigenvalue weighted by Gasteiger charge is -2.12. The van der Waals surface area contributed by atoms with Crippen LogP contribution in [0.1, 0.15) is 25.3 Å². The summed E-state index contributed by atoms with van der Waals surface area (Å²) in [6, 6.07) is 3.92. The lowest BCUT2D eigenvalue weighted by molar-refractivity contribution is 0.390. The first-order valence-electron chi connectivity index (χ1n) is 6.34. The van der Waals surface area contributed by atoms with Crippen LogP contribution in [0.4, 0.5) is 0 Å². The first-order valence-corrected chi connectivity index (χ1v) is 7.13. The van der Waals surface area contributed by atoms with Gasteiger partial charge < -0.3 is 14.8 Å². The standard InChI is InChI=1S/C14H22BrNO2/c1-4-16-8-6-5-7-12-13(15)9-11(17-2)10-14(12)18-3/h9-10,16H,4-8H2,1-3H3. The summed E-state index contributed by atoms with van der Waals surface area (Å²) in [5.41, 5.74) is 1.22. The van der Waals surface area contributed by atoms with Gasteiger partial charge in [0.2, 0.25) is 0 Å². The van der Waals surface area contributed by atoms with Crippen molar-refractivity contribution in [2.24, 2.45) is 0 Å². The van der Waals surface area contributed by atoms with E-state index in [2.05, 4.69) is 28.2 Å². The molecule has 0 aliphatic rings. The van der Waals surface area contributed by atoms with E-state index in [1.165, 1.54) is 12.0 Å². The average Bonchev–Trinajstić information content (AvgIpc) is 2.39. The molecule has 1 N–H and O–H groups in total. The third kappa shape index (κ3) is 4.50. The molecule has 0 aliphatic carbocycles. The number of rotatable bonds is 8. The molecule has 0 amide bonds. The molecule has 3 nitrogen and oxygen atoms in total. The third-order valence-electron chi connectivity index (χ3n) is 2.86. The fourth-order valence-electron chi connectivity index (χ4n) is 1.86. The van der Waals surface area contributed by atoms with Gasteiger partial charge in [-0.05, 0) is 38.4 Å². The van der Waals surface area contributed by atoms with Crippen molar-refractivity contribution in [3.8, 4) is 11.5 Å². The van der Waals surface area contributed by atoms with Crippen LogP contribution in [-0.2, 0) is 6.42 Å². The van der Waals surface area contributed by atoms with Gasteiger partial charge in [0, 0.05) is 16.1 Å². The van der Waals surface area contributed by atoms with Crippen LogP contribution >= 0.6 is 15.9 Å². The predicted molar refractivity (Wildman–Crippen MR) is 78.7 cm³/mol. The topological polar surface area (TPSA) is 30.5 Å². The van der Waals surface area contributed by atoms with Crippen LogP contribution in [0.2, 0.25) is 0 Å². The summed E-state index contributed by atoms with van der Waals surface area (Å²) in [5.74, 6) is 1.71. The first-order chi connectivity index (χ1) is 8.72. The van der Waals surface area contributed by atoms with E-state index >= 15 is 0 Å². The number of halogens is 1. The molecule has 4 heteroatoms. The maximum Gasteiger partial charge on any atom is 0.126 e. The monoisotopic (exact) mass is 315 g/mol. The second kappa shape index (κ2) is 8.38. The number of methoxy groups -OCH3 is 2. The largest absolute Gasteiger partial charge is 0.497 e. The fraction of sp³-hybridized carbons (Fsp3) is 0.571. The summed E-state index contributed by atoms with van der Waals surface area (Å²) in [6.07, 6.45) is 3.34. The van der Waals surface area contributed by atoms with E-state index in [0.29, 0.717) is 0 Å². The third-order valence-corrected chi connectivity index (χ3v) is 3.57. The molecule has 0 saturated carbocycles. The van der Waals surface area contributed by atoms with Gasteiger partial charge in [-0.25, -0.2) is 0 Å². The second-order valence-corrected chi connectivity index (χ2v) is 4.96. The van der Waals surface area contributed by atoms with E-state index in [9.17, 15) is 0 Å². The van der Waals surface area contributed by atoms with Gasteiger partial charge >= 0.3 is 0 Å². The molecule has 1 aromatic carbocycles. The quantitative estimate of drug-likeness (QED) is 0.746. The van der Waals surface area contributed by atoms with E-state index in [0.717, 1.165) is 41.9 Å². The Bertz CT molecular complexity index is 369. The van der Waals surface area contributed by atoms with Crippen LogP contribution in [0.25, 0.3) is 0 Å². The Morgan fingerprint density at radius 1 is 1.17 bits per heavy atom. The summed E-state index contributed by atoms with van der Waals surface area (Å²) in [6.45, 7) is 4.24. The van der Waals surface area contributed by atoms with E-state index in [1.54, 1.807) is 14.2 Å². The Morgan fingerprint density at radius 3 is 2.56 bits per heavy atom. The molecule has 0 spiro atoms. The number of nitrogens with one attached hydrogen (secondary N) is 1. The van der Waals surface area contributed by atoms with Crippen molar-refractivity contribution >= 4 is 15.9 Å². The minimum Gasteiger partial charge on any atom is -0.497 e. The summed E-state index contributed by atoms with van der Waals surface area (Å²) in [5, 5.41) is 3.33. The van der Waals surface area contributed by atoms with Crippen molar-refractivity contribution in [1.29, 1.82) is 0 Å². The Kier molecular flexibility index (Phi) is 7.13. The maximum absolute atomic E-state index is 5.42. The zero-order valence-corrected chi connectivity index (χ0v) is 13.0. The minimum atomic E-state index is 0.815. The molecule has 0 aromatic heterocycles. The molecule has 0 unspecified atom stereocenters. The molecular weight excluding hydrogens is 294 g/mol. The second-order valence-electron chi connectivity index (χ2n) is 4.10. The highest BCUT2D eigenvalue weighted by atomic mass is 79.9. The van der Waals surface area contributed by atoms with Crippen LogP contribution in [0.3, 0.4) is 0 Å². The summed E-state index contributed by atoms with van der Waals surface area (Å²) >= 11 is 3.59. The molecule has 0 saturated heterocycles. The van der Waals surface area contributed by atoms with Gasteiger partial charge in [-0.15, -0.1) is 0 Å². The molecule has 1 rings (SSSR count). The summed E-state index contributed by atoms with van der Waals surface area (Å²) < 4.78 is 11.7. The Morgan fingerprint density at radius 2 is 1.94 bits per heavy atom. The van der Waals surface area contributed by atoms with Gasteiger partial charge in [-0.1, -0.05) is 22.9 Å². The van der Waals surface area contributed by atoms with E-state index < -0.39 is 0 Å². The number of hydrogen-bond acceptors (Lipinski definition) is 3. The van der Waals surface area contributed by atoms with Gasteiger partial charge in [0.05, 0.1) is 14.2 Å². The molecule has 18 heavy (non-hydrogen) atoms. The highest BCUT2D eigenvalue weighted by molar-refractivity contribution is 9.10. The maximum atomic E-state index is 5.42. The van der Waals surface area contributed by atoms with Gasteiger partial charge in [-0.2, -0.15) is 0 Å². The van der Waals surface area contributed by atoms with Crippen molar-refractivity contribution in [2.75, 3.05) is 27.3 Å². The van der Waals surface area contributed by atoms with Crippen LogP contribution in [-0.4, -0.2) is 27.3 Å².